The Kier molecular flexibility index (Phi) is 6.76. The van der Waals surface area contributed by atoms with Gasteiger partial charge in [0.2, 0.25) is 0 Å². The molecule has 0 saturated heterocycles. The summed E-state index contributed by atoms with van der Waals surface area (Å²) in [5, 5.41) is 12.1. The average Bonchev–Trinajstić information content (AvgIpc) is 2.36. The molecule has 0 unspecified atom stereocenters. The van der Waals surface area contributed by atoms with Crippen LogP contribution >= 0.6 is 11.6 Å². The molecule has 0 aliphatic rings. The van der Waals surface area contributed by atoms with Gasteiger partial charge in [0.15, 0.2) is 0 Å². The maximum atomic E-state index is 11.9. The summed E-state index contributed by atoms with van der Waals surface area (Å²) in [4.78, 5) is 11.9. The monoisotopic (exact) mass is 269 g/mol. The number of hydrogen-bond acceptors (Lipinski definition) is 2. The van der Waals surface area contributed by atoms with Gasteiger partial charge in [0.25, 0.3) is 5.91 Å². The highest BCUT2D eigenvalue weighted by Gasteiger charge is 2.09. The van der Waals surface area contributed by atoms with Gasteiger partial charge in [-0.15, -0.1) is 0 Å². The minimum atomic E-state index is -0.0721. The van der Waals surface area contributed by atoms with E-state index >= 15 is 0 Å². The summed E-state index contributed by atoms with van der Waals surface area (Å²) in [6, 6.07) is 5.34. The highest BCUT2D eigenvalue weighted by molar-refractivity contribution is 6.31. The topological polar surface area (TPSA) is 49.3 Å². The van der Waals surface area contributed by atoms with Crippen molar-refractivity contribution < 1.29 is 9.90 Å². The van der Waals surface area contributed by atoms with Gasteiger partial charge in [-0.2, -0.15) is 0 Å². The highest BCUT2D eigenvalue weighted by Crippen LogP contribution is 2.18. The third-order valence-corrected chi connectivity index (χ3v) is 3.29. The van der Waals surface area contributed by atoms with E-state index in [1.165, 1.54) is 0 Å². The molecule has 3 nitrogen and oxygen atoms in total. The SMILES string of the molecule is Cc1c(Cl)cccc1C(=O)NCCCCCCO. The van der Waals surface area contributed by atoms with Gasteiger partial charge < -0.3 is 10.4 Å². The Balaban J connectivity index is 2.35. The van der Waals surface area contributed by atoms with E-state index in [9.17, 15) is 4.79 Å². The van der Waals surface area contributed by atoms with E-state index in [0.29, 0.717) is 17.1 Å². The molecule has 0 spiro atoms. The fourth-order valence-electron chi connectivity index (χ4n) is 1.74. The van der Waals surface area contributed by atoms with Crippen LogP contribution in [0.2, 0.25) is 5.02 Å². The molecule has 18 heavy (non-hydrogen) atoms. The van der Waals surface area contributed by atoms with E-state index in [-0.39, 0.29) is 12.5 Å². The molecule has 0 atom stereocenters. The van der Waals surface area contributed by atoms with Crippen LogP contribution in [-0.2, 0) is 0 Å². The summed E-state index contributed by atoms with van der Waals surface area (Å²) >= 11 is 5.97. The number of halogens is 1. The van der Waals surface area contributed by atoms with Crippen molar-refractivity contribution in [3.8, 4) is 0 Å². The third kappa shape index (κ3) is 4.67. The van der Waals surface area contributed by atoms with Crippen molar-refractivity contribution in [3.63, 3.8) is 0 Å². The minimum absolute atomic E-state index is 0.0721. The zero-order valence-corrected chi connectivity index (χ0v) is 11.5. The quantitative estimate of drug-likeness (QED) is 0.748. The van der Waals surface area contributed by atoms with Crippen molar-refractivity contribution in [1.29, 1.82) is 0 Å². The van der Waals surface area contributed by atoms with Crippen LogP contribution in [-0.4, -0.2) is 24.2 Å². The molecule has 1 amide bonds. The van der Waals surface area contributed by atoms with Crippen LogP contribution in [0.3, 0.4) is 0 Å². The molecule has 0 heterocycles. The number of benzene rings is 1. The van der Waals surface area contributed by atoms with Crippen molar-refractivity contribution >= 4 is 17.5 Å². The Bertz CT molecular complexity index is 393. The van der Waals surface area contributed by atoms with Gasteiger partial charge in [-0.25, -0.2) is 0 Å². The maximum Gasteiger partial charge on any atom is 0.251 e. The van der Waals surface area contributed by atoms with Crippen LogP contribution in [0, 0.1) is 6.92 Å². The average molecular weight is 270 g/mol. The first-order valence-corrected chi connectivity index (χ1v) is 6.68. The number of carbonyl (C=O) groups excluding carboxylic acids is 1. The Morgan fingerprint density at radius 1 is 1.28 bits per heavy atom. The van der Waals surface area contributed by atoms with Gasteiger partial charge in [0.05, 0.1) is 0 Å². The lowest BCUT2D eigenvalue weighted by Gasteiger charge is -2.08. The molecule has 1 aromatic carbocycles. The van der Waals surface area contributed by atoms with Crippen molar-refractivity contribution in [1.82, 2.24) is 5.32 Å². The lowest BCUT2D eigenvalue weighted by atomic mass is 10.1. The van der Waals surface area contributed by atoms with Crippen molar-refractivity contribution in [2.75, 3.05) is 13.2 Å². The lowest BCUT2D eigenvalue weighted by molar-refractivity contribution is 0.0952. The summed E-state index contributed by atoms with van der Waals surface area (Å²) in [5.74, 6) is -0.0721. The highest BCUT2D eigenvalue weighted by atomic mass is 35.5. The van der Waals surface area contributed by atoms with E-state index < -0.39 is 0 Å². The first-order chi connectivity index (χ1) is 8.66. The fourth-order valence-corrected chi connectivity index (χ4v) is 1.92. The predicted molar refractivity (Wildman–Crippen MR) is 74.1 cm³/mol. The second-order valence-corrected chi connectivity index (χ2v) is 4.71. The summed E-state index contributed by atoms with van der Waals surface area (Å²) in [7, 11) is 0. The molecule has 0 bridgehead atoms. The van der Waals surface area contributed by atoms with Crippen molar-refractivity contribution in [2.45, 2.75) is 32.6 Å². The Morgan fingerprint density at radius 2 is 2.00 bits per heavy atom. The summed E-state index contributed by atoms with van der Waals surface area (Å²) in [5.41, 5.74) is 1.45. The smallest absolute Gasteiger partial charge is 0.251 e. The number of carbonyl (C=O) groups is 1. The zero-order chi connectivity index (χ0) is 13.4. The van der Waals surface area contributed by atoms with Crippen molar-refractivity contribution in [3.05, 3.63) is 34.3 Å². The van der Waals surface area contributed by atoms with Gasteiger partial charge in [0.1, 0.15) is 0 Å². The van der Waals surface area contributed by atoms with Gasteiger partial charge in [-0.1, -0.05) is 30.5 Å². The maximum absolute atomic E-state index is 11.9. The standard InChI is InChI=1S/C14H20ClNO2/c1-11-12(7-6-8-13(11)15)14(18)16-9-4-2-3-5-10-17/h6-8,17H,2-5,9-10H2,1H3,(H,16,18). The molecule has 0 aliphatic heterocycles. The van der Waals surface area contributed by atoms with Crippen LogP contribution < -0.4 is 5.32 Å². The molecule has 0 radical (unpaired) electrons. The summed E-state index contributed by atoms with van der Waals surface area (Å²) in [6.07, 6.45) is 3.80. The molecule has 1 rings (SSSR count). The molecule has 0 fully saturated rings. The molecule has 2 N–H and O–H groups in total. The molecular formula is C14H20ClNO2. The Labute approximate surface area is 113 Å². The second kappa shape index (κ2) is 8.11. The molecule has 0 saturated carbocycles. The van der Waals surface area contributed by atoms with E-state index in [1.807, 2.05) is 6.92 Å². The first kappa shape index (κ1) is 15.0. The summed E-state index contributed by atoms with van der Waals surface area (Å²) < 4.78 is 0. The number of aliphatic hydroxyl groups is 1. The van der Waals surface area contributed by atoms with Crippen molar-refractivity contribution in [2.24, 2.45) is 0 Å². The van der Waals surface area contributed by atoms with Crippen LogP contribution in [0.15, 0.2) is 18.2 Å². The van der Waals surface area contributed by atoms with Gasteiger partial charge in [-0.3, -0.25) is 4.79 Å². The van der Waals surface area contributed by atoms with E-state index in [0.717, 1.165) is 31.2 Å². The molecular weight excluding hydrogens is 250 g/mol. The Morgan fingerprint density at radius 3 is 2.72 bits per heavy atom. The first-order valence-electron chi connectivity index (χ1n) is 6.31. The molecule has 0 aromatic heterocycles. The normalized spacial score (nSPS) is 10.4. The Hall–Kier alpha value is -1.06. The molecule has 1 aromatic rings. The number of aliphatic hydroxyl groups excluding tert-OH is 1. The molecule has 0 aliphatic carbocycles. The number of unbranched alkanes of at least 4 members (excludes halogenated alkanes) is 3. The molecule has 100 valence electrons. The lowest BCUT2D eigenvalue weighted by Crippen LogP contribution is -2.25. The number of hydrogen-bond donors (Lipinski definition) is 2. The zero-order valence-electron chi connectivity index (χ0n) is 10.7. The van der Waals surface area contributed by atoms with Gasteiger partial charge in [-0.05, 0) is 37.5 Å². The summed E-state index contributed by atoms with van der Waals surface area (Å²) in [6.45, 7) is 2.75. The van der Waals surface area contributed by atoms with E-state index in [1.54, 1.807) is 18.2 Å². The van der Waals surface area contributed by atoms with Crippen LogP contribution in [0.5, 0.6) is 0 Å². The van der Waals surface area contributed by atoms with Gasteiger partial charge >= 0.3 is 0 Å². The van der Waals surface area contributed by atoms with E-state index in [4.69, 9.17) is 16.7 Å². The van der Waals surface area contributed by atoms with E-state index in [2.05, 4.69) is 5.32 Å². The minimum Gasteiger partial charge on any atom is -0.396 e. The number of amides is 1. The number of nitrogens with one attached hydrogen (secondary N) is 1. The van der Waals surface area contributed by atoms with Crippen LogP contribution in [0.1, 0.15) is 41.6 Å². The second-order valence-electron chi connectivity index (χ2n) is 4.31. The third-order valence-electron chi connectivity index (χ3n) is 2.88. The van der Waals surface area contributed by atoms with Gasteiger partial charge in [0, 0.05) is 23.7 Å². The fraction of sp³-hybridized carbons (Fsp3) is 0.500. The largest absolute Gasteiger partial charge is 0.396 e. The number of rotatable bonds is 7. The van der Waals surface area contributed by atoms with Crippen LogP contribution in [0.4, 0.5) is 0 Å². The predicted octanol–water partition coefficient (Wildman–Crippen LogP) is 2.93. The molecule has 4 heteroatoms. The van der Waals surface area contributed by atoms with Crippen LogP contribution in [0.25, 0.3) is 0 Å².